The van der Waals surface area contributed by atoms with Gasteiger partial charge < -0.3 is 24.5 Å². The number of nitrogens with one attached hydrogen (secondary N) is 2. The molecule has 1 aliphatic rings. The van der Waals surface area contributed by atoms with Gasteiger partial charge in [-0.25, -0.2) is 4.98 Å². The van der Waals surface area contributed by atoms with Crippen LogP contribution in [0.3, 0.4) is 0 Å². The van der Waals surface area contributed by atoms with E-state index in [2.05, 4.69) is 66.5 Å². The Morgan fingerprint density at radius 3 is 2.53 bits per heavy atom. The van der Waals surface area contributed by atoms with Gasteiger partial charge in [-0.3, -0.25) is 4.99 Å². The first-order valence-corrected chi connectivity index (χ1v) is 10.9. The maximum Gasteiger partial charge on any atom is 0.213 e. The predicted molar refractivity (Wildman–Crippen MR) is 138 cm³/mol. The highest BCUT2D eigenvalue weighted by Crippen LogP contribution is 2.40. The Morgan fingerprint density at radius 1 is 1.22 bits per heavy atom. The van der Waals surface area contributed by atoms with E-state index in [0.29, 0.717) is 18.4 Å². The molecule has 1 aromatic heterocycles. The Hall–Kier alpha value is -1.81. The predicted octanol–water partition coefficient (Wildman–Crippen LogP) is 4.32. The van der Waals surface area contributed by atoms with Crippen LogP contribution in [0.15, 0.2) is 33.8 Å². The monoisotopic (exact) mass is 556 g/mol. The fourth-order valence-electron chi connectivity index (χ4n) is 3.91. The molecule has 0 amide bonds. The third-order valence-corrected chi connectivity index (χ3v) is 5.89. The van der Waals surface area contributed by atoms with Crippen LogP contribution in [0.4, 0.5) is 0 Å². The number of hydrogen-bond donors (Lipinski definition) is 2. The van der Waals surface area contributed by atoms with Gasteiger partial charge in [0.1, 0.15) is 11.5 Å². The van der Waals surface area contributed by atoms with Crippen molar-refractivity contribution >= 4 is 29.9 Å². The minimum absolute atomic E-state index is 0. The van der Waals surface area contributed by atoms with Crippen LogP contribution >= 0.6 is 24.0 Å². The number of rotatable bonds is 6. The van der Waals surface area contributed by atoms with Crippen molar-refractivity contribution < 1.29 is 13.9 Å². The van der Waals surface area contributed by atoms with Gasteiger partial charge in [-0.1, -0.05) is 38.5 Å². The van der Waals surface area contributed by atoms with E-state index in [9.17, 15) is 0 Å². The second-order valence-electron chi connectivity index (χ2n) is 9.24. The fraction of sp³-hybridized carbons (Fsp3) is 0.583. The number of benzene rings is 1. The first-order chi connectivity index (χ1) is 14.8. The Labute approximate surface area is 208 Å². The molecular weight excluding hydrogens is 519 g/mol. The van der Waals surface area contributed by atoms with E-state index in [-0.39, 0.29) is 34.8 Å². The minimum Gasteiger partial charge on any atom is -0.496 e. The van der Waals surface area contributed by atoms with Crippen molar-refractivity contribution in [2.75, 3.05) is 33.9 Å². The van der Waals surface area contributed by atoms with Gasteiger partial charge in [-0.05, 0) is 25.8 Å². The summed E-state index contributed by atoms with van der Waals surface area (Å²) in [6.45, 7) is 11.1. The van der Waals surface area contributed by atoms with Crippen molar-refractivity contribution in [3.05, 3.63) is 47.2 Å². The van der Waals surface area contributed by atoms with Crippen LogP contribution in [0.5, 0.6) is 5.75 Å². The van der Waals surface area contributed by atoms with Crippen LogP contribution in [0.25, 0.3) is 0 Å². The topological polar surface area (TPSA) is 80.9 Å². The molecule has 2 N–H and O–H groups in total. The molecule has 32 heavy (non-hydrogen) atoms. The maximum atomic E-state index is 5.88. The number of halogens is 1. The molecule has 0 spiro atoms. The Morgan fingerprint density at radius 2 is 1.94 bits per heavy atom. The molecule has 178 valence electrons. The maximum absolute atomic E-state index is 5.88. The third kappa shape index (κ3) is 6.37. The van der Waals surface area contributed by atoms with E-state index >= 15 is 0 Å². The van der Waals surface area contributed by atoms with E-state index in [1.165, 1.54) is 11.1 Å². The third-order valence-electron chi connectivity index (χ3n) is 5.89. The highest BCUT2D eigenvalue weighted by Gasteiger charge is 2.37. The standard InChI is InChI=1S/C24H36N4O3.HI/c1-17-7-8-19(29-6)18(13-17)24(9-11-30-12-10-24)16-28-22(25-5)27-15-21-26-14-20(31-21)23(2,3)4;/h7-8,13-14H,9-12,15-16H2,1-6H3,(H2,25,27,28);1H. The van der Waals surface area contributed by atoms with E-state index in [1.807, 2.05) is 0 Å². The molecule has 7 nitrogen and oxygen atoms in total. The van der Waals surface area contributed by atoms with Crippen LogP contribution in [0, 0.1) is 6.92 Å². The summed E-state index contributed by atoms with van der Waals surface area (Å²) < 4.78 is 17.3. The van der Waals surface area contributed by atoms with E-state index in [0.717, 1.165) is 44.1 Å². The summed E-state index contributed by atoms with van der Waals surface area (Å²) in [6, 6.07) is 6.39. The van der Waals surface area contributed by atoms with Crippen molar-refractivity contribution in [1.82, 2.24) is 15.6 Å². The van der Waals surface area contributed by atoms with Crippen LogP contribution in [-0.4, -0.2) is 44.9 Å². The molecule has 0 saturated carbocycles. The van der Waals surface area contributed by atoms with E-state index in [1.54, 1.807) is 20.4 Å². The lowest BCUT2D eigenvalue weighted by atomic mass is 9.73. The molecule has 0 atom stereocenters. The second kappa shape index (κ2) is 11.4. The molecule has 3 rings (SSSR count). The Bertz CT molecular complexity index is 899. The van der Waals surface area contributed by atoms with Crippen molar-refractivity contribution in [2.24, 2.45) is 4.99 Å². The van der Waals surface area contributed by atoms with Crippen LogP contribution in [0.1, 0.15) is 56.4 Å². The molecule has 1 aromatic carbocycles. The van der Waals surface area contributed by atoms with Gasteiger partial charge in [0.15, 0.2) is 5.96 Å². The minimum atomic E-state index is -0.0877. The number of ether oxygens (including phenoxy) is 2. The van der Waals surface area contributed by atoms with Gasteiger partial charge in [0, 0.05) is 43.2 Å². The summed E-state index contributed by atoms with van der Waals surface area (Å²) in [4.78, 5) is 8.78. The quantitative estimate of drug-likeness (QED) is 0.314. The van der Waals surface area contributed by atoms with Gasteiger partial charge in [0.25, 0.3) is 0 Å². The zero-order chi connectivity index (χ0) is 22.5. The van der Waals surface area contributed by atoms with Crippen molar-refractivity contribution in [3.63, 3.8) is 0 Å². The molecule has 2 aromatic rings. The van der Waals surface area contributed by atoms with Crippen molar-refractivity contribution in [3.8, 4) is 5.75 Å². The van der Waals surface area contributed by atoms with Gasteiger partial charge in [0.05, 0.1) is 19.9 Å². The molecule has 0 aliphatic carbocycles. The number of methoxy groups -OCH3 is 1. The summed E-state index contributed by atoms with van der Waals surface area (Å²) in [6.07, 6.45) is 3.64. The molecule has 0 unspecified atom stereocenters. The summed E-state index contributed by atoms with van der Waals surface area (Å²) in [5, 5.41) is 6.83. The van der Waals surface area contributed by atoms with Gasteiger partial charge in [0.2, 0.25) is 5.89 Å². The van der Waals surface area contributed by atoms with Crippen molar-refractivity contribution in [1.29, 1.82) is 0 Å². The van der Waals surface area contributed by atoms with Crippen LogP contribution in [0.2, 0.25) is 0 Å². The second-order valence-corrected chi connectivity index (χ2v) is 9.24. The van der Waals surface area contributed by atoms with Gasteiger partial charge in [-0.2, -0.15) is 0 Å². The van der Waals surface area contributed by atoms with Crippen LogP contribution in [-0.2, 0) is 22.1 Å². The first kappa shape index (κ1) is 26.4. The molecule has 2 heterocycles. The zero-order valence-corrected chi connectivity index (χ0v) is 22.4. The Kier molecular flexibility index (Phi) is 9.39. The number of aliphatic imine (C=N–C) groups is 1. The summed E-state index contributed by atoms with van der Waals surface area (Å²) >= 11 is 0. The lowest BCUT2D eigenvalue weighted by molar-refractivity contribution is 0.0505. The highest BCUT2D eigenvalue weighted by molar-refractivity contribution is 14.0. The lowest BCUT2D eigenvalue weighted by Crippen LogP contribution is -2.48. The number of guanidine groups is 1. The number of hydrogen-bond acceptors (Lipinski definition) is 5. The largest absolute Gasteiger partial charge is 0.496 e. The molecule has 1 saturated heterocycles. The SMILES string of the molecule is CN=C(NCc1ncc(C(C)(C)C)o1)NCC1(c2cc(C)ccc2OC)CCOCC1.I. The highest BCUT2D eigenvalue weighted by atomic mass is 127. The molecule has 1 aliphatic heterocycles. The zero-order valence-electron chi connectivity index (χ0n) is 20.1. The molecule has 8 heteroatoms. The van der Waals surface area contributed by atoms with Gasteiger partial charge >= 0.3 is 0 Å². The smallest absolute Gasteiger partial charge is 0.213 e. The molecule has 0 bridgehead atoms. The Balaban J connectivity index is 0.00000363. The summed E-state index contributed by atoms with van der Waals surface area (Å²) in [7, 11) is 3.51. The molecule has 0 radical (unpaired) electrons. The fourth-order valence-corrected chi connectivity index (χ4v) is 3.91. The lowest BCUT2D eigenvalue weighted by Gasteiger charge is -2.39. The number of oxazole rings is 1. The summed E-state index contributed by atoms with van der Waals surface area (Å²) in [5.41, 5.74) is 2.30. The summed E-state index contributed by atoms with van der Waals surface area (Å²) in [5.74, 6) is 3.16. The normalized spacial score (nSPS) is 16.2. The number of aryl methyl sites for hydroxylation is 1. The van der Waals surface area contributed by atoms with Crippen LogP contribution < -0.4 is 15.4 Å². The van der Waals surface area contributed by atoms with E-state index < -0.39 is 0 Å². The number of nitrogens with zero attached hydrogens (tertiary/aromatic N) is 2. The number of aromatic nitrogens is 1. The average Bonchev–Trinajstić information content (AvgIpc) is 3.24. The molecule has 1 fully saturated rings. The average molecular weight is 556 g/mol. The van der Waals surface area contributed by atoms with Crippen molar-refractivity contribution in [2.45, 2.75) is 57.9 Å². The first-order valence-electron chi connectivity index (χ1n) is 10.9. The molecular formula is C24H37IN4O3. The van der Waals surface area contributed by atoms with E-state index in [4.69, 9.17) is 13.9 Å². The van der Waals surface area contributed by atoms with Gasteiger partial charge in [-0.15, -0.1) is 24.0 Å².